The Bertz CT molecular complexity index is 515. The van der Waals surface area contributed by atoms with Crippen LogP contribution in [0.25, 0.3) is 0 Å². The van der Waals surface area contributed by atoms with E-state index in [0.29, 0.717) is 22.7 Å². The second-order valence-electron chi connectivity index (χ2n) is 8.29. The predicted octanol–water partition coefficient (Wildman–Crippen LogP) is 5.86. The third-order valence-electron chi connectivity index (χ3n) is 5.95. The molecule has 1 aromatic rings. The van der Waals surface area contributed by atoms with Crippen LogP contribution in [0.1, 0.15) is 54.4 Å². The summed E-state index contributed by atoms with van der Waals surface area (Å²) in [4.78, 5) is 2.45. The molecule has 1 fully saturated rings. The molecule has 0 atom stereocenters. The van der Waals surface area contributed by atoms with Gasteiger partial charge < -0.3 is 14.1 Å². The van der Waals surface area contributed by atoms with Gasteiger partial charge in [-0.3, -0.25) is 0 Å². The number of para-hydroxylation sites is 2. The van der Waals surface area contributed by atoms with Crippen LogP contribution in [-0.2, 0) is 4.43 Å². The fraction of sp³-hybridized carbons (Fsp3) is 0.714. The summed E-state index contributed by atoms with van der Waals surface area (Å²) in [6.07, 6.45) is 2.63. The van der Waals surface area contributed by atoms with Crippen LogP contribution in [0, 0.1) is 0 Å². The molecule has 0 aliphatic carbocycles. The fourth-order valence-corrected chi connectivity index (χ4v) is 10.4. The predicted molar refractivity (Wildman–Crippen MR) is 110 cm³/mol. The molecule has 0 bridgehead atoms. The molecule has 3 nitrogen and oxygen atoms in total. The normalized spacial score (nSPS) is 17.0. The van der Waals surface area contributed by atoms with Crippen LogP contribution in [0.3, 0.4) is 0 Å². The second kappa shape index (κ2) is 8.59. The van der Waals surface area contributed by atoms with Gasteiger partial charge in [-0.1, -0.05) is 53.7 Å². The first-order valence-corrected chi connectivity index (χ1v) is 12.0. The summed E-state index contributed by atoms with van der Waals surface area (Å²) in [7, 11) is -0.0247. The van der Waals surface area contributed by atoms with Crippen LogP contribution < -0.4 is 9.64 Å². The summed E-state index contributed by atoms with van der Waals surface area (Å²) in [5, 5.41) is 0. The average molecular weight is 364 g/mol. The molecule has 0 N–H and O–H groups in total. The highest BCUT2D eigenvalue weighted by molar-refractivity contribution is 6.77. The van der Waals surface area contributed by atoms with Crippen LogP contribution in [0.4, 0.5) is 5.69 Å². The largest absolute Gasteiger partial charge is 0.495 e. The van der Waals surface area contributed by atoms with E-state index in [0.717, 1.165) is 31.7 Å². The molecule has 0 radical (unpaired) electrons. The van der Waals surface area contributed by atoms with Gasteiger partial charge in [-0.05, 0) is 41.6 Å². The third kappa shape index (κ3) is 4.22. The third-order valence-corrected chi connectivity index (χ3v) is 12.1. The number of hydrogen-bond acceptors (Lipinski definition) is 3. The molecule has 0 saturated carbocycles. The van der Waals surface area contributed by atoms with Gasteiger partial charge in [-0.25, -0.2) is 0 Å². The van der Waals surface area contributed by atoms with E-state index in [2.05, 4.69) is 58.6 Å². The summed E-state index contributed by atoms with van der Waals surface area (Å²) in [5.74, 6) is 0.970. The summed E-state index contributed by atoms with van der Waals surface area (Å²) in [6.45, 7) is 16.3. The standard InChI is InChI=1S/C21H37NO2Si/c1-16(2)25(17(3)4,18(5)6)24-19-12-14-22(15-13-19)20-10-8-9-11-21(20)23-7/h8-11,16-19H,12-15H2,1-7H3. The smallest absolute Gasteiger partial charge is 0.200 e. The first-order valence-electron chi connectivity index (χ1n) is 9.88. The van der Waals surface area contributed by atoms with E-state index in [1.165, 1.54) is 5.69 Å². The van der Waals surface area contributed by atoms with E-state index >= 15 is 0 Å². The molecule has 0 aromatic heterocycles. The molecule has 0 unspecified atom stereocenters. The lowest BCUT2D eigenvalue weighted by molar-refractivity contribution is 0.146. The number of hydrogen-bond donors (Lipinski definition) is 0. The van der Waals surface area contributed by atoms with Crippen molar-refractivity contribution in [3.63, 3.8) is 0 Å². The van der Waals surface area contributed by atoms with Crippen molar-refractivity contribution in [1.29, 1.82) is 0 Å². The van der Waals surface area contributed by atoms with Crippen molar-refractivity contribution >= 4 is 14.0 Å². The van der Waals surface area contributed by atoms with Gasteiger partial charge >= 0.3 is 0 Å². The number of piperidine rings is 1. The van der Waals surface area contributed by atoms with Crippen LogP contribution in [-0.4, -0.2) is 34.6 Å². The lowest BCUT2D eigenvalue weighted by atomic mass is 10.1. The molecule has 142 valence electrons. The van der Waals surface area contributed by atoms with E-state index in [1.54, 1.807) is 7.11 Å². The number of anilines is 1. The molecule has 1 saturated heterocycles. The van der Waals surface area contributed by atoms with Crippen molar-refractivity contribution in [3.8, 4) is 5.75 Å². The zero-order valence-electron chi connectivity index (χ0n) is 17.2. The minimum absolute atomic E-state index is 0.407. The Kier molecular flexibility index (Phi) is 6.98. The van der Waals surface area contributed by atoms with E-state index < -0.39 is 8.32 Å². The lowest BCUT2D eigenvalue weighted by Gasteiger charge is -2.46. The van der Waals surface area contributed by atoms with Gasteiger partial charge in [0.1, 0.15) is 5.75 Å². The summed E-state index contributed by atoms with van der Waals surface area (Å²) >= 11 is 0. The van der Waals surface area contributed by atoms with Gasteiger partial charge in [0, 0.05) is 19.2 Å². The van der Waals surface area contributed by atoms with Crippen LogP contribution in [0.5, 0.6) is 5.75 Å². The van der Waals surface area contributed by atoms with Crippen molar-refractivity contribution in [2.45, 2.75) is 77.1 Å². The summed E-state index contributed by atoms with van der Waals surface area (Å²) in [6, 6.07) is 8.34. The van der Waals surface area contributed by atoms with Crippen molar-refractivity contribution < 1.29 is 9.16 Å². The molecule has 1 aliphatic heterocycles. The van der Waals surface area contributed by atoms with Crippen LogP contribution in [0.15, 0.2) is 24.3 Å². The number of methoxy groups -OCH3 is 1. The highest BCUT2D eigenvalue weighted by atomic mass is 28.4. The van der Waals surface area contributed by atoms with E-state index in [9.17, 15) is 0 Å². The minimum atomic E-state index is -1.78. The van der Waals surface area contributed by atoms with Crippen molar-refractivity contribution in [2.75, 3.05) is 25.1 Å². The molecular weight excluding hydrogens is 326 g/mol. The second-order valence-corrected chi connectivity index (χ2v) is 13.7. The van der Waals surface area contributed by atoms with E-state index in [-0.39, 0.29) is 0 Å². The highest BCUT2D eigenvalue weighted by Gasteiger charge is 2.46. The van der Waals surface area contributed by atoms with Crippen LogP contribution >= 0.6 is 0 Å². The molecule has 25 heavy (non-hydrogen) atoms. The maximum atomic E-state index is 6.99. The Hall–Kier alpha value is -1.00. The monoisotopic (exact) mass is 363 g/mol. The minimum Gasteiger partial charge on any atom is -0.495 e. The van der Waals surface area contributed by atoms with Gasteiger partial charge in [0.05, 0.1) is 12.8 Å². The SMILES string of the molecule is COc1ccccc1N1CCC(O[Si](C(C)C)(C(C)C)C(C)C)CC1. The van der Waals surface area contributed by atoms with Crippen molar-refractivity contribution in [2.24, 2.45) is 0 Å². The van der Waals surface area contributed by atoms with Crippen LogP contribution in [0.2, 0.25) is 16.6 Å². The highest BCUT2D eigenvalue weighted by Crippen LogP contribution is 2.44. The lowest BCUT2D eigenvalue weighted by Crippen LogP contribution is -2.52. The number of benzene rings is 1. The summed E-state index contributed by atoms with van der Waals surface area (Å²) in [5.41, 5.74) is 3.17. The number of rotatable bonds is 7. The topological polar surface area (TPSA) is 21.7 Å². The summed E-state index contributed by atoms with van der Waals surface area (Å²) < 4.78 is 12.5. The van der Waals surface area contributed by atoms with Gasteiger partial charge in [0.25, 0.3) is 0 Å². The first-order chi connectivity index (χ1) is 11.8. The van der Waals surface area contributed by atoms with Gasteiger partial charge in [-0.2, -0.15) is 0 Å². The van der Waals surface area contributed by atoms with Gasteiger partial charge in [0.2, 0.25) is 8.32 Å². The maximum absolute atomic E-state index is 6.99. The van der Waals surface area contributed by atoms with Gasteiger partial charge in [0.15, 0.2) is 0 Å². The molecule has 2 rings (SSSR count). The Morgan fingerprint density at radius 2 is 1.44 bits per heavy atom. The quantitative estimate of drug-likeness (QED) is 0.567. The maximum Gasteiger partial charge on any atom is 0.200 e. The Morgan fingerprint density at radius 1 is 0.920 bits per heavy atom. The number of ether oxygens (including phenoxy) is 1. The van der Waals surface area contributed by atoms with E-state index in [1.807, 2.05) is 12.1 Å². The molecule has 1 heterocycles. The molecule has 0 spiro atoms. The average Bonchev–Trinajstić information content (AvgIpc) is 2.59. The molecule has 0 amide bonds. The van der Waals surface area contributed by atoms with Crippen molar-refractivity contribution in [3.05, 3.63) is 24.3 Å². The Labute approximate surface area is 155 Å². The molecular formula is C21H37NO2Si. The number of nitrogens with zero attached hydrogens (tertiary/aromatic N) is 1. The van der Waals surface area contributed by atoms with Crippen molar-refractivity contribution in [1.82, 2.24) is 0 Å². The zero-order valence-corrected chi connectivity index (χ0v) is 18.2. The Balaban J connectivity index is 2.06. The van der Waals surface area contributed by atoms with Gasteiger partial charge in [-0.15, -0.1) is 0 Å². The molecule has 1 aromatic carbocycles. The molecule has 1 aliphatic rings. The zero-order chi connectivity index (χ0) is 18.6. The fourth-order valence-electron chi connectivity index (χ4n) is 4.80. The van der Waals surface area contributed by atoms with E-state index in [4.69, 9.17) is 9.16 Å². The Morgan fingerprint density at radius 3 is 1.92 bits per heavy atom. The molecule has 4 heteroatoms. The first kappa shape index (κ1) is 20.3.